The summed E-state index contributed by atoms with van der Waals surface area (Å²) in [5, 5.41) is 5.35. The molecule has 0 aliphatic carbocycles. The van der Waals surface area contributed by atoms with Gasteiger partial charge in [0, 0.05) is 6.54 Å². The molecular weight excluding hydrogens is 467 g/mol. The van der Waals surface area contributed by atoms with Crippen LogP contribution in [0.4, 0.5) is 4.39 Å². The first-order valence-corrected chi connectivity index (χ1v) is 11.6. The quantitative estimate of drug-likeness (QED) is 0.303. The van der Waals surface area contributed by atoms with Gasteiger partial charge in [0.1, 0.15) is 6.04 Å². The molecule has 0 aromatic heterocycles. The first kappa shape index (κ1) is 28.4. The molecule has 2 rings (SSSR count). The zero-order chi connectivity index (χ0) is 26.7. The maximum Gasteiger partial charge on any atom is 0.245 e. The highest BCUT2D eigenvalue weighted by Gasteiger charge is 2.21. The second kappa shape index (κ2) is 13.9. The van der Waals surface area contributed by atoms with Gasteiger partial charge in [-0.2, -0.15) is 0 Å². The van der Waals surface area contributed by atoms with Crippen molar-refractivity contribution < 1.29 is 28.2 Å². The minimum absolute atomic E-state index is 0.0329. The van der Waals surface area contributed by atoms with Crippen LogP contribution in [0.5, 0.6) is 17.2 Å². The van der Waals surface area contributed by atoms with E-state index in [2.05, 4.69) is 15.6 Å². The molecule has 0 fully saturated rings. The van der Waals surface area contributed by atoms with Crippen molar-refractivity contribution in [2.75, 3.05) is 21.3 Å². The highest BCUT2D eigenvalue weighted by molar-refractivity contribution is 5.98. The lowest BCUT2D eigenvalue weighted by molar-refractivity contribution is -0.123. The van der Waals surface area contributed by atoms with Crippen LogP contribution in [0.25, 0.3) is 0 Å². The van der Waals surface area contributed by atoms with E-state index in [1.54, 1.807) is 24.3 Å². The second-order valence-electron chi connectivity index (χ2n) is 8.38. The van der Waals surface area contributed by atoms with Gasteiger partial charge in [-0.1, -0.05) is 32.4 Å². The summed E-state index contributed by atoms with van der Waals surface area (Å²) in [6.45, 7) is 4.18. The van der Waals surface area contributed by atoms with Gasteiger partial charge in [-0.25, -0.2) is 9.38 Å². The van der Waals surface area contributed by atoms with Crippen molar-refractivity contribution in [1.82, 2.24) is 10.6 Å². The molecule has 0 saturated heterocycles. The van der Waals surface area contributed by atoms with Crippen LogP contribution in [0.1, 0.15) is 37.8 Å². The monoisotopic (exact) mass is 502 g/mol. The number of amides is 2. The molecule has 0 bridgehead atoms. The number of guanidine groups is 1. The summed E-state index contributed by atoms with van der Waals surface area (Å²) in [7, 11) is 4.42. The number of ether oxygens (including phenoxy) is 3. The molecule has 2 atom stereocenters. The van der Waals surface area contributed by atoms with Gasteiger partial charge < -0.3 is 25.3 Å². The van der Waals surface area contributed by atoms with Crippen molar-refractivity contribution in [2.45, 2.75) is 45.7 Å². The van der Waals surface area contributed by atoms with Gasteiger partial charge in [0.2, 0.25) is 11.8 Å². The Morgan fingerprint density at radius 2 is 1.64 bits per heavy atom. The third-order valence-electron chi connectivity index (χ3n) is 5.68. The van der Waals surface area contributed by atoms with E-state index in [1.807, 2.05) is 13.8 Å². The predicted octanol–water partition coefficient (Wildman–Crippen LogP) is 2.95. The van der Waals surface area contributed by atoms with Gasteiger partial charge in [-0.15, -0.1) is 0 Å². The Balaban J connectivity index is 2.06. The zero-order valence-corrected chi connectivity index (χ0v) is 21.4. The van der Waals surface area contributed by atoms with Crippen molar-refractivity contribution >= 4 is 17.8 Å². The lowest BCUT2D eigenvalue weighted by Crippen LogP contribution is -2.41. The Bertz CT molecular complexity index is 1080. The maximum atomic E-state index is 13.6. The molecule has 2 amide bonds. The molecule has 0 spiro atoms. The van der Waals surface area contributed by atoms with E-state index in [9.17, 15) is 14.0 Å². The minimum Gasteiger partial charge on any atom is -0.494 e. The molecule has 10 heteroatoms. The average molecular weight is 503 g/mol. The van der Waals surface area contributed by atoms with E-state index in [1.165, 1.54) is 33.5 Å². The zero-order valence-electron chi connectivity index (χ0n) is 21.4. The molecule has 4 N–H and O–H groups in total. The molecule has 2 aromatic carbocycles. The Kier molecular flexibility index (Phi) is 11.0. The molecule has 0 aliphatic rings. The molecule has 0 radical (unpaired) electrons. The normalized spacial score (nSPS) is 12.9. The number of nitrogens with two attached hydrogens (primary N) is 1. The lowest BCUT2D eigenvalue weighted by Gasteiger charge is -2.18. The smallest absolute Gasteiger partial charge is 0.245 e. The van der Waals surface area contributed by atoms with Crippen molar-refractivity contribution in [1.29, 1.82) is 0 Å². The van der Waals surface area contributed by atoms with Gasteiger partial charge in [-0.3, -0.25) is 14.9 Å². The fraction of sp³-hybridized carbons (Fsp3) is 0.423. The average Bonchev–Trinajstić information content (AvgIpc) is 2.87. The van der Waals surface area contributed by atoms with Gasteiger partial charge in [0.05, 0.1) is 27.8 Å². The third-order valence-corrected chi connectivity index (χ3v) is 5.68. The number of benzene rings is 2. The minimum atomic E-state index is -0.802. The molecule has 0 aliphatic heterocycles. The number of methoxy groups -OCH3 is 3. The topological polar surface area (TPSA) is 124 Å². The number of nitrogens with one attached hydrogen (secondary N) is 2. The number of hydrogen-bond donors (Lipinski definition) is 3. The Labute approximate surface area is 211 Å². The van der Waals surface area contributed by atoms with E-state index in [0.29, 0.717) is 29.0 Å². The van der Waals surface area contributed by atoms with Gasteiger partial charge in [0.15, 0.2) is 29.0 Å². The first-order chi connectivity index (χ1) is 17.2. The molecule has 9 nitrogen and oxygen atoms in total. The highest BCUT2D eigenvalue weighted by atomic mass is 19.1. The molecule has 2 aromatic rings. The Morgan fingerprint density at radius 1 is 1.00 bits per heavy atom. The van der Waals surface area contributed by atoms with E-state index in [0.717, 1.165) is 6.42 Å². The number of aliphatic imine (C=N–C) groups is 1. The molecular formula is C26H35FN4O5. The highest BCUT2D eigenvalue weighted by Crippen LogP contribution is 2.27. The molecule has 0 saturated carbocycles. The lowest BCUT2D eigenvalue weighted by atomic mass is 9.99. The van der Waals surface area contributed by atoms with Crippen LogP contribution in [-0.4, -0.2) is 45.1 Å². The first-order valence-electron chi connectivity index (χ1n) is 11.6. The van der Waals surface area contributed by atoms with E-state index >= 15 is 0 Å². The van der Waals surface area contributed by atoms with Crippen molar-refractivity contribution in [3.05, 3.63) is 53.3 Å². The van der Waals surface area contributed by atoms with Crippen molar-refractivity contribution in [3.63, 3.8) is 0 Å². The fourth-order valence-electron chi connectivity index (χ4n) is 3.45. The Morgan fingerprint density at radius 3 is 2.28 bits per heavy atom. The summed E-state index contributed by atoms with van der Waals surface area (Å²) in [6, 6.07) is 8.72. The largest absolute Gasteiger partial charge is 0.494 e. The van der Waals surface area contributed by atoms with E-state index in [4.69, 9.17) is 19.9 Å². The SMILES string of the molecule is CCC(C)C[C@@H](N=C(N)NC(=O)Cc1ccc(OC)c(OC)c1)C(=O)NCc1ccc(F)c(OC)c1. The van der Waals surface area contributed by atoms with Gasteiger partial charge in [0.25, 0.3) is 0 Å². The summed E-state index contributed by atoms with van der Waals surface area (Å²) in [4.78, 5) is 29.7. The summed E-state index contributed by atoms with van der Waals surface area (Å²) in [6.07, 6.45) is 1.33. The standard InChI is InChI=1S/C26H35FN4O5/c1-6-16(2)11-20(25(33)29-15-18-7-9-19(27)22(13-18)35-4)30-26(28)31-24(32)14-17-8-10-21(34-3)23(12-17)36-5/h7-10,12-13,16,20H,6,11,14-15H2,1-5H3,(H,29,33)(H3,28,30,31,32)/t16?,20-/m1/s1. The maximum absolute atomic E-state index is 13.6. The second-order valence-corrected chi connectivity index (χ2v) is 8.38. The van der Waals surface area contributed by atoms with Crippen LogP contribution in [-0.2, 0) is 22.6 Å². The van der Waals surface area contributed by atoms with E-state index in [-0.39, 0.29) is 42.4 Å². The molecule has 0 heterocycles. The van der Waals surface area contributed by atoms with Crippen LogP contribution in [0.15, 0.2) is 41.4 Å². The van der Waals surface area contributed by atoms with Gasteiger partial charge in [-0.05, 0) is 47.7 Å². The number of nitrogens with zero attached hydrogens (tertiary/aromatic N) is 1. The molecule has 1 unspecified atom stereocenters. The number of carbonyl (C=O) groups excluding carboxylic acids is 2. The predicted molar refractivity (Wildman–Crippen MR) is 136 cm³/mol. The number of hydrogen-bond acceptors (Lipinski definition) is 6. The van der Waals surface area contributed by atoms with Crippen LogP contribution in [0, 0.1) is 11.7 Å². The van der Waals surface area contributed by atoms with Crippen LogP contribution >= 0.6 is 0 Å². The number of halogens is 1. The summed E-state index contributed by atoms with van der Waals surface area (Å²) >= 11 is 0. The summed E-state index contributed by atoms with van der Waals surface area (Å²) < 4.78 is 29.1. The molecule has 196 valence electrons. The Hall–Kier alpha value is -3.82. The van der Waals surface area contributed by atoms with Crippen LogP contribution in [0.3, 0.4) is 0 Å². The van der Waals surface area contributed by atoms with Crippen molar-refractivity contribution in [2.24, 2.45) is 16.6 Å². The van der Waals surface area contributed by atoms with Crippen LogP contribution < -0.4 is 30.6 Å². The van der Waals surface area contributed by atoms with E-state index < -0.39 is 11.9 Å². The molecule has 36 heavy (non-hydrogen) atoms. The number of rotatable bonds is 12. The summed E-state index contributed by atoms with van der Waals surface area (Å²) in [5.74, 6) is -0.00619. The summed E-state index contributed by atoms with van der Waals surface area (Å²) in [5.41, 5.74) is 7.35. The van der Waals surface area contributed by atoms with Crippen LogP contribution in [0.2, 0.25) is 0 Å². The number of carbonyl (C=O) groups is 2. The third kappa shape index (κ3) is 8.44. The van der Waals surface area contributed by atoms with Crippen molar-refractivity contribution in [3.8, 4) is 17.2 Å². The van der Waals surface area contributed by atoms with Gasteiger partial charge >= 0.3 is 0 Å². The fourth-order valence-corrected chi connectivity index (χ4v) is 3.45.